The molecule has 0 bridgehead atoms. The van der Waals surface area contributed by atoms with Crippen LogP contribution in [-0.4, -0.2) is 51.3 Å². The quantitative estimate of drug-likeness (QED) is 0.0507. The highest BCUT2D eigenvalue weighted by molar-refractivity contribution is 5.97. The van der Waals surface area contributed by atoms with Gasteiger partial charge in [0.25, 0.3) is 0 Å². The summed E-state index contributed by atoms with van der Waals surface area (Å²) in [5, 5.41) is 0. The number of rotatable bonds is 16. The van der Waals surface area contributed by atoms with Gasteiger partial charge in [-0.2, -0.15) is 0 Å². The van der Waals surface area contributed by atoms with Gasteiger partial charge in [0.05, 0.1) is 49.7 Å². The molecule has 10 nitrogen and oxygen atoms in total. The molecule has 0 aliphatic rings. The van der Waals surface area contributed by atoms with Gasteiger partial charge in [0, 0.05) is 0 Å². The van der Waals surface area contributed by atoms with Gasteiger partial charge in [-0.3, -0.25) is 0 Å². The molecule has 260 valence electrons. The van der Waals surface area contributed by atoms with E-state index in [1.807, 2.05) is 60.7 Å². The van der Waals surface area contributed by atoms with Gasteiger partial charge in [0.2, 0.25) is 0 Å². The third kappa shape index (κ3) is 12.8. The van der Waals surface area contributed by atoms with Crippen molar-refractivity contribution in [3.05, 3.63) is 156 Å². The van der Waals surface area contributed by atoms with Crippen molar-refractivity contribution in [2.45, 2.75) is 26.1 Å². The van der Waals surface area contributed by atoms with Gasteiger partial charge in [0.15, 0.2) is 0 Å². The third-order valence-electron chi connectivity index (χ3n) is 6.73. The first-order valence-corrected chi connectivity index (χ1v) is 15.6. The van der Waals surface area contributed by atoms with E-state index in [2.05, 4.69) is 22.6 Å². The first-order chi connectivity index (χ1) is 24.3. The number of methoxy groups -OCH3 is 2. The minimum absolute atomic E-state index is 0.219. The van der Waals surface area contributed by atoms with Crippen LogP contribution in [0.1, 0.15) is 65.4 Å². The second-order valence-electron chi connectivity index (χ2n) is 10.5. The Balaban J connectivity index is 0.000000278. The van der Waals surface area contributed by atoms with E-state index in [9.17, 15) is 19.2 Å². The molecule has 0 aromatic heterocycles. The smallest absolute Gasteiger partial charge is 0.338 e. The molecule has 0 heterocycles. The van der Waals surface area contributed by atoms with E-state index in [0.29, 0.717) is 37.6 Å². The third-order valence-corrected chi connectivity index (χ3v) is 6.73. The van der Waals surface area contributed by atoms with Crippen LogP contribution in [0.5, 0.6) is 11.5 Å². The molecule has 0 amide bonds. The molecule has 0 spiro atoms. The summed E-state index contributed by atoms with van der Waals surface area (Å²) in [4.78, 5) is 48.0. The second-order valence-corrected chi connectivity index (χ2v) is 10.5. The lowest BCUT2D eigenvalue weighted by molar-refractivity contribution is 0.0506. The first kappa shape index (κ1) is 38.3. The predicted molar refractivity (Wildman–Crippen MR) is 187 cm³/mol. The van der Waals surface area contributed by atoms with Gasteiger partial charge in [-0.05, 0) is 60.4 Å². The van der Waals surface area contributed by atoms with Crippen LogP contribution in [0.25, 0.3) is 0 Å². The number of hydrogen-bond acceptors (Lipinski definition) is 10. The Bertz CT molecular complexity index is 1650. The molecule has 0 saturated heterocycles. The summed E-state index contributed by atoms with van der Waals surface area (Å²) in [6.45, 7) is 8.25. The van der Waals surface area contributed by atoms with Gasteiger partial charge >= 0.3 is 23.9 Å². The van der Waals surface area contributed by atoms with Crippen LogP contribution in [0.3, 0.4) is 0 Å². The van der Waals surface area contributed by atoms with Crippen LogP contribution in [0, 0.1) is 0 Å². The Morgan fingerprint density at radius 3 is 1.18 bits per heavy atom. The van der Waals surface area contributed by atoms with E-state index in [1.165, 1.54) is 38.5 Å². The van der Waals surface area contributed by atoms with E-state index in [1.54, 1.807) is 24.3 Å². The lowest BCUT2D eigenvalue weighted by Gasteiger charge is -2.11. The van der Waals surface area contributed by atoms with Crippen molar-refractivity contribution in [3.8, 4) is 11.5 Å². The Labute approximate surface area is 291 Å². The Hall–Kier alpha value is -6.16. The summed E-state index contributed by atoms with van der Waals surface area (Å²) in [5.74, 6) is -1.38. The number of carbonyl (C=O) groups is 4. The highest BCUT2D eigenvalue weighted by Crippen LogP contribution is 2.22. The van der Waals surface area contributed by atoms with Gasteiger partial charge in [-0.25, -0.2) is 19.2 Å². The van der Waals surface area contributed by atoms with Crippen LogP contribution in [-0.2, 0) is 32.2 Å². The number of hydrogen-bond donors (Lipinski definition) is 0. The fraction of sp³-hybridized carbons (Fsp3) is 0.200. The van der Waals surface area contributed by atoms with Crippen molar-refractivity contribution >= 4 is 23.9 Å². The molecule has 4 aromatic rings. The molecule has 50 heavy (non-hydrogen) atoms. The average Bonchev–Trinajstić information content (AvgIpc) is 3.16. The van der Waals surface area contributed by atoms with E-state index in [-0.39, 0.29) is 35.5 Å². The minimum atomic E-state index is -0.546. The molecular weight excluding hydrogens is 640 g/mol. The lowest BCUT2D eigenvalue weighted by Crippen LogP contribution is -2.11. The summed E-state index contributed by atoms with van der Waals surface area (Å²) < 4.78 is 31.2. The Morgan fingerprint density at radius 2 is 0.860 bits per heavy atom. The van der Waals surface area contributed by atoms with Crippen molar-refractivity contribution in [3.63, 3.8) is 0 Å². The van der Waals surface area contributed by atoms with E-state index < -0.39 is 23.9 Å². The SMILES string of the molecule is C=CCCOC(=O)c1cc(OCc2ccccc2)cc(C(=O)OCCC=C)c1.COC(=O)c1cc(OCc2ccccc2)cc(C(=O)OC)c1. The molecule has 0 atom stereocenters. The van der Waals surface area contributed by atoms with Gasteiger partial charge < -0.3 is 28.4 Å². The van der Waals surface area contributed by atoms with Crippen LogP contribution >= 0.6 is 0 Å². The van der Waals surface area contributed by atoms with Gasteiger partial charge in [-0.1, -0.05) is 72.8 Å². The molecule has 10 heteroatoms. The predicted octanol–water partition coefficient (Wildman–Crippen LogP) is 7.57. The Morgan fingerprint density at radius 1 is 0.520 bits per heavy atom. The van der Waals surface area contributed by atoms with Gasteiger partial charge in [0.1, 0.15) is 24.7 Å². The molecule has 0 radical (unpaired) electrons. The van der Waals surface area contributed by atoms with Crippen LogP contribution in [0.2, 0.25) is 0 Å². The maximum atomic E-state index is 12.3. The first-order valence-electron chi connectivity index (χ1n) is 15.6. The minimum Gasteiger partial charge on any atom is -0.489 e. The highest BCUT2D eigenvalue weighted by atomic mass is 16.5. The van der Waals surface area contributed by atoms with Crippen LogP contribution in [0.4, 0.5) is 0 Å². The molecule has 0 N–H and O–H groups in total. The largest absolute Gasteiger partial charge is 0.489 e. The summed E-state index contributed by atoms with van der Waals surface area (Å²) in [6, 6.07) is 28.2. The molecule has 0 unspecified atom stereocenters. The summed E-state index contributed by atoms with van der Waals surface area (Å²) >= 11 is 0. The number of benzene rings is 4. The molecule has 4 rings (SSSR count). The second kappa shape index (κ2) is 20.9. The molecule has 0 fully saturated rings. The summed E-state index contributed by atoms with van der Waals surface area (Å²) in [7, 11) is 2.55. The molecule has 0 saturated carbocycles. The summed E-state index contributed by atoms with van der Waals surface area (Å²) in [6.07, 6.45) is 4.42. The van der Waals surface area contributed by atoms with Crippen molar-refractivity contribution in [2.24, 2.45) is 0 Å². The summed E-state index contributed by atoms with van der Waals surface area (Å²) in [5.41, 5.74) is 2.86. The monoisotopic (exact) mass is 680 g/mol. The average molecular weight is 681 g/mol. The van der Waals surface area contributed by atoms with Crippen molar-refractivity contribution in [2.75, 3.05) is 27.4 Å². The zero-order valence-corrected chi connectivity index (χ0v) is 28.1. The van der Waals surface area contributed by atoms with Crippen LogP contribution in [0.15, 0.2) is 122 Å². The fourth-order valence-corrected chi connectivity index (χ4v) is 4.19. The molecule has 0 aliphatic heterocycles. The van der Waals surface area contributed by atoms with Crippen molar-refractivity contribution in [1.29, 1.82) is 0 Å². The molecular formula is C40H40O10. The van der Waals surface area contributed by atoms with Crippen molar-refractivity contribution in [1.82, 2.24) is 0 Å². The zero-order valence-electron chi connectivity index (χ0n) is 28.1. The zero-order chi connectivity index (χ0) is 36.1. The lowest BCUT2D eigenvalue weighted by atomic mass is 10.1. The molecule has 0 aliphatic carbocycles. The Kier molecular flexibility index (Phi) is 16.0. The molecule has 4 aromatic carbocycles. The van der Waals surface area contributed by atoms with Crippen LogP contribution < -0.4 is 9.47 Å². The van der Waals surface area contributed by atoms with E-state index in [4.69, 9.17) is 18.9 Å². The highest BCUT2D eigenvalue weighted by Gasteiger charge is 2.17. The number of ether oxygens (including phenoxy) is 6. The maximum Gasteiger partial charge on any atom is 0.338 e. The normalized spacial score (nSPS) is 9.96. The van der Waals surface area contributed by atoms with Gasteiger partial charge in [-0.15, -0.1) is 13.2 Å². The fourth-order valence-electron chi connectivity index (χ4n) is 4.19. The maximum absolute atomic E-state index is 12.3. The number of carbonyl (C=O) groups excluding carboxylic acids is 4. The number of esters is 4. The van der Waals surface area contributed by atoms with E-state index >= 15 is 0 Å². The standard InChI is InChI=1S/C23H24O5.C17H16O5/c1-3-5-12-26-22(24)19-14-20(23(25)27-13-6-4-2)16-21(15-19)28-17-18-10-8-7-9-11-18;1-20-16(18)13-8-14(17(19)21-2)10-15(9-13)22-11-12-6-4-3-5-7-12/h3-4,7-11,14-16H,1-2,5-6,12-13,17H2;3-10H,11H2,1-2H3. The topological polar surface area (TPSA) is 124 Å². The van der Waals surface area contributed by atoms with E-state index in [0.717, 1.165) is 11.1 Å². The van der Waals surface area contributed by atoms with Crippen molar-refractivity contribution < 1.29 is 47.6 Å².